The number of carboxylic acids is 1. The standard InChI is InChI=1S/C21H24F3NO3/c22-21(23,24)16-3-1-2-12(7-16)8-17(18(26)27)25-19(28)20-9-13-4-14(10-20)6-15(5-13)11-20/h1-3,7,13-15,17H,4-6,8-11H2,(H,25,28)(H,26,27)/t13?,14?,15?,17-,20?/m1/s1. The van der Waals surface area contributed by atoms with Crippen LogP contribution >= 0.6 is 0 Å². The van der Waals surface area contributed by atoms with Crippen LogP contribution in [0.25, 0.3) is 0 Å². The molecule has 0 spiro atoms. The lowest BCUT2D eigenvalue weighted by Gasteiger charge is -2.55. The zero-order chi connectivity index (χ0) is 20.1. The van der Waals surface area contributed by atoms with Crippen LogP contribution in [0.4, 0.5) is 13.2 Å². The van der Waals surface area contributed by atoms with Gasteiger partial charge in [0.25, 0.3) is 0 Å². The van der Waals surface area contributed by atoms with E-state index in [-0.39, 0.29) is 17.9 Å². The molecule has 1 amide bonds. The third kappa shape index (κ3) is 3.63. The Bertz CT molecular complexity index is 754. The summed E-state index contributed by atoms with van der Waals surface area (Å²) in [5.74, 6) is 0.178. The van der Waals surface area contributed by atoms with E-state index in [1.165, 1.54) is 12.1 Å². The Morgan fingerprint density at radius 1 is 1.11 bits per heavy atom. The Morgan fingerprint density at radius 3 is 2.18 bits per heavy atom. The molecule has 2 N–H and O–H groups in total. The largest absolute Gasteiger partial charge is 0.480 e. The van der Waals surface area contributed by atoms with Gasteiger partial charge in [0.15, 0.2) is 0 Å². The number of carbonyl (C=O) groups is 2. The summed E-state index contributed by atoms with van der Waals surface area (Å²) in [6, 6.07) is 3.39. The van der Waals surface area contributed by atoms with Crippen molar-refractivity contribution in [2.24, 2.45) is 23.2 Å². The highest BCUT2D eigenvalue weighted by Crippen LogP contribution is 2.60. The number of carboxylic acid groups (broad SMARTS) is 1. The SMILES string of the molecule is O=C(O)[C@@H](Cc1cccc(C(F)(F)F)c1)NC(=O)C12CC3CC(CC(C3)C1)C2. The van der Waals surface area contributed by atoms with E-state index in [4.69, 9.17) is 0 Å². The van der Waals surface area contributed by atoms with Crippen molar-refractivity contribution >= 4 is 11.9 Å². The van der Waals surface area contributed by atoms with Crippen molar-refractivity contribution < 1.29 is 27.9 Å². The number of hydrogen-bond donors (Lipinski definition) is 2. The number of alkyl halides is 3. The lowest BCUT2D eigenvalue weighted by molar-refractivity contribution is -0.151. The van der Waals surface area contributed by atoms with Crippen molar-refractivity contribution in [1.82, 2.24) is 5.32 Å². The summed E-state index contributed by atoms with van der Waals surface area (Å²) in [4.78, 5) is 24.8. The molecule has 4 aliphatic rings. The summed E-state index contributed by atoms with van der Waals surface area (Å²) < 4.78 is 38.7. The third-order valence-electron chi connectivity index (χ3n) is 6.82. The second-order valence-corrected chi connectivity index (χ2v) is 8.96. The van der Waals surface area contributed by atoms with Gasteiger partial charge in [0.1, 0.15) is 6.04 Å². The molecule has 0 aromatic heterocycles. The molecule has 0 radical (unpaired) electrons. The van der Waals surface area contributed by atoms with E-state index >= 15 is 0 Å². The highest BCUT2D eigenvalue weighted by atomic mass is 19.4. The molecule has 4 fully saturated rings. The number of aliphatic carboxylic acids is 1. The number of rotatable bonds is 5. The van der Waals surface area contributed by atoms with Crippen molar-refractivity contribution in [2.75, 3.05) is 0 Å². The second-order valence-electron chi connectivity index (χ2n) is 8.96. The number of carbonyl (C=O) groups excluding carboxylic acids is 1. The van der Waals surface area contributed by atoms with E-state index in [9.17, 15) is 27.9 Å². The molecule has 0 unspecified atom stereocenters. The summed E-state index contributed by atoms with van der Waals surface area (Å²) in [7, 11) is 0. The van der Waals surface area contributed by atoms with Crippen LogP contribution in [-0.4, -0.2) is 23.0 Å². The first-order valence-corrected chi connectivity index (χ1v) is 9.84. The Hall–Kier alpha value is -2.05. The van der Waals surface area contributed by atoms with Crippen LogP contribution in [0, 0.1) is 23.2 Å². The fraction of sp³-hybridized carbons (Fsp3) is 0.619. The van der Waals surface area contributed by atoms with Gasteiger partial charge in [-0.3, -0.25) is 4.79 Å². The summed E-state index contributed by atoms with van der Waals surface area (Å²) in [6.45, 7) is 0. The van der Waals surface area contributed by atoms with Crippen LogP contribution in [-0.2, 0) is 22.2 Å². The van der Waals surface area contributed by atoms with E-state index in [0.29, 0.717) is 17.8 Å². The average molecular weight is 395 g/mol. The molecule has 1 aromatic rings. The van der Waals surface area contributed by atoms with Crippen LogP contribution in [0.5, 0.6) is 0 Å². The van der Waals surface area contributed by atoms with Gasteiger partial charge in [-0.25, -0.2) is 4.79 Å². The molecule has 4 nitrogen and oxygen atoms in total. The molecule has 0 aliphatic heterocycles. The predicted octanol–water partition coefficient (Wildman–Crippen LogP) is 4.03. The number of hydrogen-bond acceptors (Lipinski definition) is 2. The van der Waals surface area contributed by atoms with Gasteiger partial charge in [0.2, 0.25) is 5.91 Å². The van der Waals surface area contributed by atoms with Gasteiger partial charge in [-0.05, 0) is 67.9 Å². The van der Waals surface area contributed by atoms with Crippen molar-refractivity contribution in [3.8, 4) is 0 Å². The van der Waals surface area contributed by atoms with Crippen LogP contribution in [0.1, 0.15) is 49.7 Å². The van der Waals surface area contributed by atoms with Crippen molar-refractivity contribution in [2.45, 2.75) is 57.2 Å². The molecular weight excluding hydrogens is 371 g/mol. The van der Waals surface area contributed by atoms with E-state index in [1.807, 2.05) is 0 Å². The molecule has 0 saturated heterocycles. The zero-order valence-corrected chi connectivity index (χ0v) is 15.5. The Morgan fingerprint density at radius 2 is 1.68 bits per heavy atom. The van der Waals surface area contributed by atoms with Crippen LogP contribution in [0.2, 0.25) is 0 Å². The van der Waals surface area contributed by atoms with Gasteiger partial charge in [-0.2, -0.15) is 13.2 Å². The molecule has 7 heteroatoms. The van der Waals surface area contributed by atoms with Gasteiger partial charge < -0.3 is 10.4 Å². The van der Waals surface area contributed by atoms with E-state index in [0.717, 1.165) is 50.7 Å². The first-order chi connectivity index (χ1) is 13.1. The van der Waals surface area contributed by atoms with Crippen LogP contribution in [0.3, 0.4) is 0 Å². The van der Waals surface area contributed by atoms with Gasteiger partial charge in [-0.1, -0.05) is 18.2 Å². The van der Waals surface area contributed by atoms with Crippen molar-refractivity contribution in [1.29, 1.82) is 0 Å². The molecule has 1 aromatic carbocycles. The average Bonchev–Trinajstić information content (AvgIpc) is 2.59. The van der Waals surface area contributed by atoms with Gasteiger partial charge in [0, 0.05) is 11.8 Å². The molecular formula is C21H24F3NO3. The van der Waals surface area contributed by atoms with Gasteiger partial charge >= 0.3 is 12.1 Å². The minimum Gasteiger partial charge on any atom is -0.480 e. The highest BCUT2D eigenvalue weighted by molar-refractivity contribution is 5.88. The van der Waals surface area contributed by atoms with Crippen LogP contribution in [0.15, 0.2) is 24.3 Å². The zero-order valence-electron chi connectivity index (χ0n) is 15.5. The first-order valence-electron chi connectivity index (χ1n) is 9.84. The molecule has 4 bridgehead atoms. The predicted molar refractivity (Wildman–Crippen MR) is 95.3 cm³/mol. The minimum absolute atomic E-state index is 0.169. The quantitative estimate of drug-likeness (QED) is 0.791. The fourth-order valence-electron chi connectivity index (χ4n) is 6.01. The third-order valence-corrected chi connectivity index (χ3v) is 6.82. The molecule has 28 heavy (non-hydrogen) atoms. The van der Waals surface area contributed by atoms with Gasteiger partial charge in [-0.15, -0.1) is 0 Å². The van der Waals surface area contributed by atoms with Crippen molar-refractivity contribution in [3.05, 3.63) is 35.4 Å². The first kappa shape index (κ1) is 19.3. The Labute approximate surface area is 161 Å². The highest BCUT2D eigenvalue weighted by Gasteiger charge is 2.55. The maximum Gasteiger partial charge on any atom is 0.416 e. The smallest absolute Gasteiger partial charge is 0.416 e. The van der Waals surface area contributed by atoms with E-state index in [2.05, 4.69) is 5.32 Å². The molecule has 4 aliphatic carbocycles. The number of benzene rings is 1. The van der Waals surface area contributed by atoms with Crippen LogP contribution < -0.4 is 5.32 Å². The Balaban J connectivity index is 1.49. The fourth-order valence-corrected chi connectivity index (χ4v) is 6.01. The lowest BCUT2D eigenvalue weighted by atomic mass is 9.49. The summed E-state index contributed by atoms with van der Waals surface area (Å²) in [5, 5.41) is 12.2. The number of halogens is 3. The normalized spacial score (nSPS) is 32.2. The second kappa shape index (κ2) is 6.78. The number of nitrogens with one attached hydrogen (secondary N) is 1. The summed E-state index contributed by atoms with van der Waals surface area (Å²) in [6.07, 6.45) is 1.26. The van der Waals surface area contributed by atoms with Gasteiger partial charge in [0.05, 0.1) is 5.56 Å². The summed E-state index contributed by atoms with van der Waals surface area (Å²) >= 11 is 0. The van der Waals surface area contributed by atoms with E-state index in [1.54, 1.807) is 0 Å². The molecule has 0 heterocycles. The lowest BCUT2D eigenvalue weighted by Crippen LogP contribution is -2.56. The van der Waals surface area contributed by atoms with Crippen molar-refractivity contribution in [3.63, 3.8) is 0 Å². The summed E-state index contributed by atoms with van der Waals surface area (Å²) in [5.41, 5.74) is -1.06. The Kier molecular flexibility index (Phi) is 4.67. The number of amides is 1. The topological polar surface area (TPSA) is 66.4 Å². The molecule has 4 saturated carbocycles. The molecule has 5 rings (SSSR count). The maximum atomic E-state index is 13.1. The monoisotopic (exact) mass is 395 g/mol. The van der Waals surface area contributed by atoms with E-state index < -0.39 is 29.2 Å². The molecule has 1 atom stereocenters. The maximum absolute atomic E-state index is 13.1. The minimum atomic E-state index is -4.49. The molecule has 152 valence electrons.